The summed E-state index contributed by atoms with van der Waals surface area (Å²) in [4.78, 5) is 26.6. The first-order chi connectivity index (χ1) is 9.45. The molecule has 0 bridgehead atoms. The fourth-order valence-corrected chi connectivity index (χ4v) is 1.70. The molecular formula is C13H19N3O4. The summed E-state index contributed by atoms with van der Waals surface area (Å²) in [6.45, 7) is 3.48. The van der Waals surface area contributed by atoms with Crippen molar-refractivity contribution in [1.82, 2.24) is 15.6 Å². The second-order valence-electron chi connectivity index (χ2n) is 4.35. The van der Waals surface area contributed by atoms with Crippen LogP contribution < -0.4 is 10.6 Å². The molecule has 2 atom stereocenters. The number of aromatic nitrogens is 1. The number of aliphatic hydroxyl groups excluding tert-OH is 1. The number of carboxylic acid groups (broad SMARTS) is 1. The molecule has 0 aromatic carbocycles. The summed E-state index contributed by atoms with van der Waals surface area (Å²) in [6, 6.07) is 1.73. The maximum Gasteiger partial charge on any atom is 0.328 e. The standard InChI is InChI=1S/C13H19N3O4/c1-3-9-5-4-6-14-10(9)7-15-13(20)16-11(8(2)17)12(18)19/h4-6,8,11,17H,3,7H2,1-2H3,(H,18,19)(H2,15,16,20). The van der Waals surface area contributed by atoms with Gasteiger partial charge in [0.15, 0.2) is 6.04 Å². The normalized spacial score (nSPS) is 13.3. The molecule has 0 spiro atoms. The number of carboxylic acids is 1. The number of nitrogens with zero attached hydrogens (tertiary/aromatic N) is 1. The number of nitrogens with one attached hydrogen (secondary N) is 2. The van der Waals surface area contributed by atoms with Crippen LogP contribution in [-0.4, -0.2) is 39.3 Å². The zero-order valence-electron chi connectivity index (χ0n) is 11.5. The van der Waals surface area contributed by atoms with E-state index in [9.17, 15) is 14.7 Å². The van der Waals surface area contributed by atoms with Crippen LogP contribution in [-0.2, 0) is 17.8 Å². The summed E-state index contributed by atoms with van der Waals surface area (Å²) < 4.78 is 0. The number of pyridine rings is 1. The zero-order valence-corrected chi connectivity index (χ0v) is 11.5. The van der Waals surface area contributed by atoms with Gasteiger partial charge in [-0.05, 0) is 25.0 Å². The molecule has 2 amide bonds. The minimum absolute atomic E-state index is 0.196. The van der Waals surface area contributed by atoms with Crippen molar-refractivity contribution in [3.05, 3.63) is 29.6 Å². The number of hydrogen-bond acceptors (Lipinski definition) is 4. The van der Waals surface area contributed by atoms with Gasteiger partial charge in [-0.3, -0.25) is 4.98 Å². The highest BCUT2D eigenvalue weighted by atomic mass is 16.4. The Balaban J connectivity index is 2.57. The number of urea groups is 1. The lowest BCUT2D eigenvalue weighted by molar-refractivity contribution is -0.141. The molecule has 0 saturated carbocycles. The van der Waals surface area contributed by atoms with Gasteiger partial charge in [-0.1, -0.05) is 13.0 Å². The minimum atomic E-state index is -1.34. The maximum absolute atomic E-state index is 11.6. The molecule has 1 aromatic rings. The third-order valence-corrected chi connectivity index (χ3v) is 2.82. The lowest BCUT2D eigenvalue weighted by Crippen LogP contribution is -2.51. The molecule has 7 heteroatoms. The van der Waals surface area contributed by atoms with Crippen molar-refractivity contribution in [2.24, 2.45) is 0 Å². The molecule has 2 unspecified atom stereocenters. The van der Waals surface area contributed by atoms with E-state index in [1.54, 1.807) is 6.20 Å². The van der Waals surface area contributed by atoms with E-state index < -0.39 is 24.1 Å². The van der Waals surface area contributed by atoms with Crippen LogP contribution >= 0.6 is 0 Å². The van der Waals surface area contributed by atoms with Crippen molar-refractivity contribution in [2.45, 2.75) is 39.0 Å². The fraction of sp³-hybridized carbons (Fsp3) is 0.462. The van der Waals surface area contributed by atoms with Crippen LogP contribution in [0.25, 0.3) is 0 Å². The van der Waals surface area contributed by atoms with Gasteiger partial charge in [-0.15, -0.1) is 0 Å². The number of aryl methyl sites for hydroxylation is 1. The van der Waals surface area contributed by atoms with Gasteiger partial charge in [0.05, 0.1) is 18.3 Å². The lowest BCUT2D eigenvalue weighted by atomic mass is 10.1. The van der Waals surface area contributed by atoms with Gasteiger partial charge in [0, 0.05) is 6.20 Å². The molecule has 1 aromatic heterocycles. The Bertz CT molecular complexity index is 476. The van der Waals surface area contributed by atoms with Gasteiger partial charge < -0.3 is 20.8 Å². The lowest BCUT2D eigenvalue weighted by Gasteiger charge is -2.17. The Morgan fingerprint density at radius 1 is 1.45 bits per heavy atom. The molecule has 0 aliphatic heterocycles. The smallest absolute Gasteiger partial charge is 0.328 e. The highest BCUT2D eigenvalue weighted by Gasteiger charge is 2.24. The molecule has 110 valence electrons. The van der Waals surface area contributed by atoms with Crippen LogP contribution in [0, 0.1) is 0 Å². The summed E-state index contributed by atoms with van der Waals surface area (Å²) in [5.74, 6) is -1.29. The second kappa shape index (κ2) is 7.44. The van der Waals surface area contributed by atoms with Gasteiger partial charge in [0.25, 0.3) is 0 Å². The molecule has 1 rings (SSSR count). The van der Waals surface area contributed by atoms with Gasteiger partial charge in [0.1, 0.15) is 0 Å². The van der Waals surface area contributed by atoms with Crippen LogP contribution in [0.2, 0.25) is 0 Å². The molecule has 4 N–H and O–H groups in total. The minimum Gasteiger partial charge on any atom is -0.480 e. The summed E-state index contributed by atoms with van der Waals surface area (Å²) in [6.07, 6.45) is 1.24. The molecule has 0 radical (unpaired) electrons. The Kier molecular flexibility index (Phi) is 5.92. The number of carbonyl (C=O) groups is 2. The monoisotopic (exact) mass is 281 g/mol. The Labute approximate surface area is 117 Å². The van der Waals surface area contributed by atoms with E-state index in [1.165, 1.54) is 6.92 Å². The molecule has 7 nitrogen and oxygen atoms in total. The molecular weight excluding hydrogens is 262 g/mol. The first-order valence-electron chi connectivity index (χ1n) is 6.33. The highest BCUT2D eigenvalue weighted by Crippen LogP contribution is 2.05. The molecule has 20 heavy (non-hydrogen) atoms. The van der Waals surface area contributed by atoms with E-state index in [0.717, 1.165) is 17.7 Å². The molecule has 0 aliphatic rings. The number of rotatable bonds is 6. The quantitative estimate of drug-likeness (QED) is 0.598. The van der Waals surface area contributed by atoms with E-state index in [-0.39, 0.29) is 6.54 Å². The summed E-state index contributed by atoms with van der Waals surface area (Å²) >= 11 is 0. The third-order valence-electron chi connectivity index (χ3n) is 2.82. The molecule has 0 aliphatic carbocycles. The number of carbonyl (C=O) groups excluding carboxylic acids is 1. The predicted molar refractivity (Wildman–Crippen MR) is 72.1 cm³/mol. The third kappa shape index (κ3) is 4.51. The number of aliphatic carboxylic acids is 1. The van der Waals surface area contributed by atoms with E-state index in [2.05, 4.69) is 15.6 Å². The van der Waals surface area contributed by atoms with Crippen molar-refractivity contribution in [2.75, 3.05) is 0 Å². The van der Waals surface area contributed by atoms with Gasteiger partial charge in [-0.25, -0.2) is 9.59 Å². The van der Waals surface area contributed by atoms with Crippen LogP contribution in [0.3, 0.4) is 0 Å². The van der Waals surface area contributed by atoms with Gasteiger partial charge in [0.2, 0.25) is 0 Å². The predicted octanol–water partition coefficient (Wildman–Crippen LogP) is 0.277. The summed E-state index contributed by atoms with van der Waals surface area (Å²) in [5.41, 5.74) is 1.74. The number of hydrogen-bond donors (Lipinski definition) is 4. The molecule has 1 heterocycles. The molecule has 0 fully saturated rings. The Morgan fingerprint density at radius 3 is 2.70 bits per heavy atom. The topological polar surface area (TPSA) is 112 Å². The maximum atomic E-state index is 11.6. The number of aliphatic hydroxyl groups is 1. The SMILES string of the molecule is CCc1cccnc1CNC(=O)NC(C(=O)O)C(C)O. The Hall–Kier alpha value is -2.15. The van der Waals surface area contributed by atoms with E-state index >= 15 is 0 Å². The van der Waals surface area contributed by atoms with Crippen molar-refractivity contribution < 1.29 is 19.8 Å². The van der Waals surface area contributed by atoms with E-state index in [0.29, 0.717) is 0 Å². The average Bonchev–Trinajstić information content (AvgIpc) is 2.42. The van der Waals surface area contributed by atoms with Crippen molar-refractivity contribution in [1.29, 1.82) is 0 Å². The second-order valence-corrected chi connectivity index (χ2v) is 4.35. The van der Waals surface area contributed by atoms with Crippen molar-refractivity contribution >= 4 is 12.0 Å². The van der Waals surface area contributed by atoms with Crippen LogP contribution in [0.5, 0.6) is 0 Å². The van der Waals surface area contributed by atoms with Gasteiger partial charge in [-0.2, -0.15) is 0 Å². The summed E-state index contributed by atoms with van der Waals surface area (Å²) in [5, 5.41) is 22.8. The zero-order chi connectivity index (χ0) is 15.1. The van der Waals surface area contributed by atoms with Crippen molar-refractivity contribution in [3.63, 3.8) is 0 Å². The fourth-order valence-electron chi connectivity index (χ4n) is 1.70. The molecule has 0 saturated heterocycles. The summed E-state index contributed by atoms with van der Waals surface area (Å²) in [7, 11) is 0. The Morgan fingerprint density at radius 2 is 2.15 bits per heavy atom. The van der Waals surface area contributed by atoms with Gasteiger partial charge >= 0.3 is 12.0 Å². The number of amides is 2. The largest absolute Gasteiger partial charge is 0.480 e. The average molecular weight is 281 g/mol. The highest BCUT2D eigenvalue weighted by molar-refractivity contribution is 5.82. The van der Waals surface area contributed by atoms with Crippen LogP contribution in [0.1, 0.15) is 25.1 Å². The van der Waals surface area contributed by atoms with Crippen LogP contribution in [0.15, 0.2) is 18.3 Å². The first kappa shape index (κ1) is 15.9. The van der Waals surface area contributed by atoms with Crippen molar-refractivity contribution in [3.8, 4) is 0 Å². The first-order valence-corrected chi connectivity index (χ1v) is 6.33. The van der Waals surface area contributed by atoms with Crippen LogP contribution in [0.4, 0.5) is 4.79 Å². The van der Waals surface area contributed by atoms with E-state index in [4.69, 9.17) is 5.11 Å². The van der Waals surface area contributed by atoms with E-state index in [1.807, 2.05) is 19.1 Å².